The van der Waals surface area contributed by atoms with Crippen LogP contribution in [-0.4, -0.2) is 26.6 Å². The molecule has 0 aliphatic heterocycles. The molecule has 7 nitrogen and oxygen atoms in total. The second-order valence-corrected chi connectivity index (χ2v) is 7.24. The van der Waals surface area contributed by atoms with Gasteiger partial charge in [-0.2, -0.15) is 0 Å². The van der Waals surface area contributed by atoms with E-state index in [9.17, 15) is 14.4 Å². The van der Waals surface area contributed by atoms with E-state index in [0.717, 1.165) is 27.8 Å². The van der Waals surface area contributed by atoms with Gasteiger partial charge in [0.2, 0.25) is 5.91 Å². The van der Waals surface area contributed by atoms with E-state index >= 15 is 0 Å². The monoisotopic (exact) mass is 360 g/mol. The van der Waals surface area contributed by atoms with Crippen molar-refractivity contribution < 1.29 is 4.79 Å². The Morgan fingerprint density at radius 1 is 1.15 bits per heavy atom. The molecular formula is C19H28N4O3. The van der Waals surface area contributed by atoms with Gasteiger partial charge in [-0.05, 0) is 43.7 Å². The Balaban J connectivity index is 2.33. The van der Waals surface area contributed by atoms with Crippen molar-refractivity contribution in [1.29, 1.82) is 0 Å². The van der Waals surface area contributed by atoms with Crippen LogP contribution >= 0.6 is 0 Å². The van der Waals surface area contributed by atoms with Crippen LogP contribution in [-0.2, 0) is 25.3 Å². The molecule has 2 heterocycles. The number of nitrogens with zero attached hydrogens (tertiary/aromatic N) is 3. The molecule has 0 radical (unpaired) electrons. The number of hydrogen-bond donors (Lipinski definition) is 1. The standard InChI is InChI=1S/C19H28N4O3/c1-11(2)9-10-20-15(24)8-7-14-12(3)16-17(21-13(14)4)22(5)19(26)23(6)18(16)25/h11H,7-10H2,1-6H3,(H,20,24). The third-order valence-corrected chi connectivity index (χ3v) is 4.82. The number of aromatic nitrogens is 3. The van der Waals surface area contributed by atoms with Crippen molar-refractivity contribution in [2.75, 3.05) is 6.54 Å². The highest BCUT2D eigenvalue weighted by atomic mass is 16.2. The minimum Gasteiger partial charge on any atom is -0.356 e. The maximum atomic E-state index is 12.6. The highest BCUT2D eigenvalue weighted by Gasteiger charge is 2.17. The lowest BCUT2D eigenvalue weighted by Gasteiger charge is -2.15. The zero-order valence-corrected chi connectivity index (χ0v) is 16.5. The molecule has 1 amide bonds. The molecule has 2 aromatic heterocycles. The summed E-state index contributed by atoms with van der Waals surface area (Å²) in [4.78, 5) is 41.2. The summed E-state index contributed by atoms with van der Waals surface area (Å²) in [7, 11) is 3.07. The Labute approximate surface area is 153 Å². The van der Waals surface area contributed by atoms with Gasteiger partial charge >= 0.3 is 5.69 Å². The van der Waals surface area contributed by atoms with Crippen LogP contribution in [0, 0.1) is 19.8 Å². The maximum Gasteiger partial charge on any atom is 0.332 e. The molecular weight excluding hydrogens is 332 g/mol. The van der Waals surface area contributed by atoms with Crippen LogP contribution < -0.4 is 16.6 Å². The molecule has 0 fully saturated rings. The fourth-order valence-electron chi connectivity index (χ4n) is 3.14. The van der Waals surface area contributed by atoms with Gasteiger partial charge in [0.1, 0.15) is 5.65 Å². The Morgan fingerprint density at radius 2 is 1.81 bits per heavy atom. The van der Waals surface area contributed by atoms with Crippen LogP contribution in [0.1, 0.15) is 43.5 Å². The Kier molecular flexibility index (Phi) is 6.00. The van der Waals surface area contributed by atoms with Crippen molar-refractivity contribution in [2.45, 2.75) is 47.0 Å². The van der Waals surface area contributed by atoms with Gasteiger partial charge in [0.05, 0.1) is 5.39 Å². The average molecular weight is 360 g/mol. The lowest BCUT2D eigenvalue weighted by atomic mass is 10.00. The van der Waals surface area contributed by atoms with Gasteiger partial charge in [0, 0.05) is 32.8 Å². The number of rotatable bonds is 6. The SMILES string of the molecule is Cc1nc2c(c(C)c1CCC(=O)NCCC(C)C)c(=O)n(C)c(=O)n2C. The topological polar surface area (TPSA) is 86.0 Å². The summed E-state index contributed by atoms with van der Waals surface area (Å²) >= 11 is 0. The van der Waals surface area contributed by atoms with Crippen molar-refractivity contribution >= 4 is 16.9 Å². The van der Waals surface area contributed by atoms with E-state index in [1.54, 1.807) is 7.05 Å². The van der Waals surface area contributed by atoms with Crippen molar-refractivity contribution in [1.82, 2.24) is 19.4 Å². The Morgan fingerprint density at radius 3 is 2.42 bits per heavy atom. The molecule has 7 heteroatoms. The molecule has 0 bridgehead atoms. The first-order valence-electron chi connectivity index (χ1n) is 8.97. The molecule has 1 N–H and O–H groups in total. The Bertz CT molecular complexity index is 954. The van der Waals surface area contributed by atoms with Gasteiger partial charge < -0.3 is 5.32 Å². The molecule has 142 valence electrons. The summed E-state index contributed by atoms with van der Waals surface area (Å²) in [6.07, 6.45) is 1.81. The van der Waals surface area contributed by atoms with E-state index in [4.69, 9.17) is 0 Å². The first kappa shape index (κ1) is 19.9. The van der Waals surface area contributed by atoms with Crippen molar-refractivity contribution in [3.63, 3.8) is 0 Å². The van der Waals surface area contributed by atoms with Gasteiger partial charge in [-0.15, -0.1) is 0 Å². The smallest absolute Gasteiger partial charge is 0.332 e. The summed E-state index contributed by atoms with van der Waals surface area (Å²) in [5.74, 6) is 0.547. The second kappa shape index (κ2) is 7.85. The zero-order valence-electron chi connectivity index (χ0n) is 16.5. The van der Waals surface area contributed by atoms with Crippen molar-refractivity contribution in [3.8, 4) is 0 Å². The minimum absolute atomic E-state index is 0.00193. The summed E-state index contributed by atoms with van der Waals surface area (Å²) in [5.41, 5.74) is 2.07. The minimum atomic E-state index is -0.397. The fourth-order valence-corrected chi connectivity index (χ4v) is 3.14. The lowest BCUT2D eigenvalue weighted by molar-refractivity contribution is -0.121. The lowest BCUT2D eigenvalue weighted by Crippen LogP contribution is -2.38. The van der Waals surface area contributed by atoms with E-state index in [1.165, 1.54) is 11.6 Å². The molecule has 0 saturated carbocycles. The van der Waals surface area contributed by atoms with Gasteiger partial charge in [0.25, 0.3) is 5.56 Å². The normalized spacial score (nSPS) is 11.3. The number of pyridine rings is 1. The molecule has 0 aliphatic rings. The number of carbonyl (C=O) groups excluding carboxylic acids is 1. The van der Waals surface area contributed by atoms with Gasteiger partial charge in [-0.1, -0.05) is 13.8 Å². The molecule has 26 heavy (non-hydrogen) atoms. The summed E-state index contributed by atoms with van der Waals surface area (Å²) in [6.45, 7) is 8.61. The fraction of sp³-hybridized carbons (Fsp3) is 0.579. The average Bonchev–Trinajstić information content (AvgIpc) is 2.57. The first-order chi connectivity index (χ1) is 12.1. The van der Waals surface area contributed by atoms with E-state index in [-0.39, 0.29) is 11.5 Å². The van der Waals surface area contributed by atoms with Crippen LogP contribution in [0.3, 0.4) is 0 Å². The summed E-state index contributed by atoms with van der Waals surface area (Å²) in [6, 6.07) is 0. The van der Waals surface area contributed by atoms with Gasteiger partial charge in [-0.3, -0.25) is 18.7 Å². The number of hydrogen-bond acceptors (Lipinski definition) is 4. The molecule has 0 atom stereocenters. The van der Waals surface area contributed by atoms with Crippen LogP contribution in [0.2, 0.25) is 0 Å². The highest BCUT2D eigenvalue weighted by Crippen LogP contribution is 2.20. The van der Waals surface area contributed by atoms with Crippen molar-refractivity contribution in [3.05, 3.63) is 37.7 Å². The molecule has 2 aromatic rings. The predicted molar refractivity (Wildman–Crippen MR) is 102 cm³/mol. The number of nitrogens with one attached hydrogen (secondary N) is 1. The molecule has 2 rings (SSSR count). The molecule has 0 saturated heterocycles. The molecule has 0 unspecified atom stereocenters. The van der Waals surface area contributed by atoms with Crippen LogP contribution in [0.25, 0.3) is 11.0 Å². The van der Waals surface area contributed by atoms with E-state index in [2.05, 4.69) is 24.1 Å². The summed E-state index contributed by atoms with van der Waals surface area (Å²) in [5, 5.41) is 3.37. The predicted octanol–water partition coefficient (Wildman–Crippen LogP) is 1.34. The zero-order chi connectivity index (χ0) is 19.6. The number of carbonyl (C=O) groups is 1. The van der Waals surface area contributed by atoms with Gasteiger partial charge in [-0.25, -0.2) is 9.78 Å². The largest absolute Gasteiger partial charge is 0.356 e. The van der Waals surface area contributed by atoms with E-state index < -0.39 is 5.69 Å². The summed E-state index contributed by atoms with van der Waals surface area (Å²) < 4.78 is 2.48. The third kappa shape index (κ3) is 3.86. The van der Waals surface area contributed by atoms with Gasteiger partial charge in [0.15, 0.2) is 0 Å². The first-order valence-corrected chi connectivity index (χ1v) is 8.97. The molecule has 0 aromatic carbocycles. The molecule has 0 spiro atoms. The molecule has 0 aliphatic carbocycles. The van der Waals surface area contributed by atoms with Crippen LogP contribution in [0.5, 0.6) is 0 Å². The van der Waals surface area contributed by atoms with E-state index in [1.807, 2.05) is 13.8 Å². The number of aryl methyl sites for hydroxylation is 3. The third-order valence-electron chi connectivity index (χ3n) is 4.82. The number of fused-ring (bicyclic) bond motifs is 1. The van der Waals surface area contributed by atoms with Crippen LogP contribution in [0.4, 0.5) is 0 Å². The van der Waals surface area contributed by atoms with Crippen LogP contribution in [0.15, 0.2) is 9.59 Å². The van der Waals surface area contributed by atoms with E-state index in [0.29, 0.717) is 36.3 Å². The second-order valence-electron chi connectivity index (χ2n) is 7.24. The Hall–Kier alpha value is -2.44. The van der Waals surface area contributed by atoms with Crippen molar-refractivity contribution in [2.24, 2.45) is 20.0 Å². The maximum absolute atomic E-state index is 12.6. The highest BCUT2D eigenvalue weighted by molar-refractivity contribution is 5.80. The quantitative estimate of drug-likeness (QED) is 0.842. The number of amides is 1.